The van der Waals surface area contributed by atoms with E-state index in [4.69, 9.17) is 0 Å². The number of fused-ring (bicyclic) bond motifs is 3. The van der Waals surface area contributed by atoms with E-state index in [1.165, 1.54) is 28.4 Å². The van der Waals surface area contributed by atoms with E-state index >= 15 is 0 Å². The molecule has 0 bridgehead atoms. The maximum absolute atomic E-state index is 12.0. The van der Waals surface area contributed by atoms with E-state index in [0.29, 0.717) is 25.5 Å². The number of aromatic amines is 1. The summed E-state index contributed by atoms with van der Waals surface area (Å²) in [6.45, 7) is 3.89. The van der Waals surface area contributed by atoms with Gasteiger partial charge in [-0.2, -0.15) is 0 Å². The van der Waals surface area contributed by atoms with Crippen LogP contribution >= 0.6 is 0 Å². The lowest BCUT2D eigenvalue weighted by Gasteiger charge is -2.27. The van der Waals surface area contributed by atoms with Crippen LogP contribution in [-0.4, -0.2) is 33.0 Å². The third kappa shape index (κ3) is 4.11. The van der Waals surface area contributed by atoms with Crippen LogP contribution in [0.25, 0.3) is 10.9 Å². The third-order valence-electron chi connectivity index (χ3n) is 6.31. The molecule has 0 fully saturated rings. The average molecular weight is 443 g/mol. The van der Waals surface area contributed by atoms with Crippen molar-refractivity contribution < 1.29 is 4.92 Å². The molecule has 1 aliphatic rings. The Balaban J connectivity index is 1.36. The molecule has 0 atom stereocenters. The molecule has 1 aliphatic heterocycles. The summed E-state index contributed by atoms with van der Waals surface area (Å²) in [6.07, 6.45) is 3.96. The predicted octanol–water partition coefficient (Wildman–Crippen LogP) is 4.65. The van der Waals surface area contributed by atoms with Gasteiger partial charge in [-0.25, -0.2) is 9.97 Å². The first-order chi connectivity index (χ1) is 16.1. The summed E-state index contributed by atoms with van der Waals surface area (Å²) in [5.41, 5.74) is 5.86. The Morgan fingerprint density at radius 1 is 1.12 bits per heavy atom. The number of aryl methyl sites for hydroxylation is 1. The lowest BCUT2D eigenvalue weighted by Crippen LogP contribution is -2.31. The smallest absolute Gasteiger partial charge is 0.353 e. The molecule has 8 nitrogen and oxygen atoms in total. The molecule has 0 saturated heterocycles. The van der Waals surface area contributed by atoms with Gasteiger partial charge in [0.25, 0.3) is 0 Å². The van der Waals surface area contributed by atoms with Crippen molar-refractivity contribution >= 4 is 28.2 Å². The van der Waals surface area contributed by atoms with E-state index in [9.17, 15) is 10.1 Å². The zero-order valence-corrected chi connectivity index (χ0v) is 18.5. The second kappa shape index (κ2) is 8.90. The maximum atomic E-state index is 12.0. The van der Waals surface area contributed by atoms with Gasteiger partial charge in [0.05, 0.1) is 11.5 Å². The zero-order valence-electron chi connectivity index (χ0n) is 18.5. The lowest BCUT2D eigenvalue weighted by atomic mass is 10.0. The van der Waals surface area contributed by atoms with Crippen LogP contribution in [0.1, 0.15) is 29.3 Å². The molecule has 0 radical (unpaired) electrons. The molecule has 0 unspecified atom stereocenters. The number of benzene rings is 2. The van der Waals surface area contributed by atoms with Crippen LogP contribution in [-0.2, 0) is 25.8 Å². The minimum atomic E-state index is -0.381. The molecule has 2 N–H and O–H groups in total. The monoisotopic (exact) mass is 442 g/mol. The van der Waals surface area contributed by atoms with E-state index in [-0.39, 0.29) is 16.4 Å². The first-order valence-electron chi connectivity index (χ1n) is 11.3. The first kappa shape index (κ1) is 20.9. The van der Waals surface area contributed by atoms with Gasteiger partial charge in [0.2, 0.25) is 11.6 Å². The van der Waals surface area contributed by atoms with Gasteiger partial charge < -0.3 is 15.2 Å². The molecule has 168 valence electrons. The van der Waals surface area contributed by atoms with Crippen LogP contribution in [0.3, 0.4) is 0 Å². The Kier molecular flexibility index (Phi) is 5.64. The molecule has 33 heavy (non-hydrogen) atoms. The molecule has 4 aromatic rings. The Labute approximate surface area is 191 Å². The molecular formula is C25H26N6O2. The van der Waals surface area contributed by atoms with Gasteiger partial charge in [-0.1, -0.05) is 49.4 Å². The van der Waals surface area contributed by atoms with E-state index < -0.39 is 0 Å². The van der Waals surface area contributed by atoms with Crippen molar-refractivity contribution in [2.24, 2.45) is 0 Å². The van der Waals surface area contributed by atoms with Crippen molar-refractivity contribution in [1.29, 1.82) is 0 Å². The number of nitrogens with one attached hydrogen (secondary N) is 2. The van der Waals surface area contributed by atoms with E-state index in [1.807, 2.05) is 17.0 Å². The standard InChI is InChI=1S/C25H26N6O2/c1-2-17-7-9-18(10-8-17)11-13-26-24-23(31(32)33)25(28-16-27-24)30-14-12-20-19-5-3-4-6-21(19)29-22(20)15-30/h3-10,16,29H,2,11-15H2,1H3,(H,26,27,28). The summed E-state index contributed by atoms with van der Waals surface area (Å²) in [5, 5.41) is 16.4. The number of para-hydroxylation sites is 1. The Morgan fingerprint density at radius 2 is 1.91 bits per heavy atom. The van der Waals surface area contributed by atoms with Gasteiger partial charge in [-0.3, -0.25) is 10.1 Å². The second-order valence-electron chi connectivity index (χ2n) is 8.30. The van der Waals surface area contributed by atoms with Gasteiger partial charge >= 0.3 is 5.69 Å². The number of hydrogen-bond acceptors (Lipinski definition) is 6. The number of aromatic nitrogens is 3. The zero-order chi connectivity index (χ0) is 22.8. The van der Waals surface area contributed by atoms with Gasteiger partial charge in [-0.15, -0.1) is 0 Å². The highest BCUT2D eigenvalue weighted by molar-refractivity contribution is 5.85. The van der Waals surface area contributed by atoms with Crippen LogP contribution < -0.4 is 10.2 Å². The maximum Gasteiger partial charge on any atom is 0.353 e. The van der Waals surface area contributed by atoms with E-state index in [2.05, 4.69) is 63.6 Å². The quantitative estimate of drug-likeness (QED) is 0.319. The van der Waals surface area contributed by atoms with Crippen molar-refractivity contribution in [2.75, 3.05) is 23.3 Å². The van der Waals surface area contributed by atoms with Gasteiger partial charge in [0, 0.05) is 29.7 Å². The predicted molar refractivity (Wildman–Crippen MR) is 130 cm³/mol. The van der Waals surface area contributed by atoms with Crippen molar-refractivity contribution in [3.63, 3.8) is 0 Å². The van der Waals surface area contributed by atoms with Gasteiger partial charge in [0.15, 0.2) is 0 Å². The molecule has 0 amide bonds. The molecule has 3 heterocycles. The molecule has 0 saturated carbocycles. The highest BCUT2D eigenvalue weighted by Gasteiger charge is 2.30. The van der Waals surface area contributed by atoms with Crippen LogP contribution in [0.15, 0.2) is 54.9 Å². The Bertz CT molecular complexity index is 1300. The van der Waals surface area contributed by atoms with Crippen molar-refractivity contribution in [3.8, 4) is 0 Å². The number of H-pyrrole nitrogens is 1. The summed E-state index contributed by atoms with van der Waals surface area (Å²) >= 11 is 0. The van der Waals surface area contributed by atoms with Gasteiger partial charge in [-0.05, 0) is 42.0 Å². The Morgan fingerprint density at radius 3 is 2.70 bits per heavy atom. The van der Waals surface area contributed by atoms with Gasteiger partial charge in [0.1, 0.15) is 6.33 Å². The fraction of sp³-hybridized carbons (Fsp3) is 0.280. The fourth-order valence-electron chi connectivity index (χ4n) is 4.54. The average Bonchev–Trinajstić information content (AvgIpc) is 3.22. The van der Waals surface area contributed by atoms with E-state index in [0.717, 1.165) is 30.5 Å². The molecule has 2 aromatic heterocycles. The summed E-state index contributed by atoms with van der Waals surface area (Å²) in [7, 11) is 0. The minimum absolute atomic E-state index is 0.0709. The molecule has 0 spiro atoms. The third-order valence-corrected chi connectivity index (χ3v) is 6.31. The largest absolute Gasteiger partial charge is 0.364 e. The summed E-state index contributed by atoms with van der Waals surface area (Å²) in [5.74, 6) is 0.617. The van der Waals surface area contributed by atoms with Crippen molar-refractivity contribution in [1.82, 2.24) is 15.0 Å². The number of anilines is 2. The summed E-state index contributed by atoms with van der Waals surface area (Å²) < 4.78 is 0. The number of rotatable bonds is 7. The van der Waals surface area contributed by atoms with Crippen LogP contribution in [0.5, 0.6) is 0 Å². The molecule has 0 aliphatic carbocycles. The second-order valence-corrected chi connectivity index (χ2v) is 8.30. The topological polar surface area (TPSA) is 100.0 Å². The number of nitro groups is 1. The summed E-state index contributed by atoms with van der Waals surface area (Å²) in [6, 6.07) is 16.7. The fourth-order valence-corrected chi connectivity index (χ4v) is 4.54. The normalized spacial score (nSPS) is 13.2. The van der Waals surface area contributed by atoms with Crippen LogP contribution in [0.4, 0.5) is 17.3 Å². The number of nitrogens with zero attached hydrogens (tertiary/aromatic N) is 4. The van der Waals surface area contributed by atoms with Crippen molar-refractivity contribution in [3.05, 3.63) is 87.4 Å². The molecule has 5 rings (SSSR count). The summed E-state index contributed by atoms with van der Waals surface area (Å²) in [4.78, 5) is 25.6. The minimum Gasteiger partial charge on any atom is -0.364 e. The van der Waals surface area contributed by atoms with E-state index in [1.54, 1.807) is 0 Å². The van der Waals surface area contributed by atoms with Crippen LogP contribution in [0.2, 0.25) is 0 Å². The first-order valence-corrected chi connectivity index (χ1v) is 11.3. The Hall–Kier alpha value is -3.94. The van der Waals surface area contributed by atoms with Crippen LogP contribution in [0, 0.1) is 10.1 Å². The molecule has 2 aromatic carbocycles. The SMILES string of the molecule is CCc1ccc(CCNc2ncnc(N3CCc4c([nH]c5ccccc45)C3)c2[N+](=O)[O-])cc1. The lowest BCUT2D eigenvalue weighted by molar-refractivity contribution is -0.383. The molecular weight excluding hydrogens is 416 g/mol. The number of hydrogen-bond donors (Lipinski definition) is 2. The highest BCUT2D eigenvalue weighted by Crippen LogP contribution is 2.36. The molecule has 8 heteroatoms. The van der Waals surface area contributed by atoms with Crippen molar-refractivity contribution in [2.45, 2.75) is 32.7 Å². The highest BCUT2D eigenvalue weighted by atomic mass is 16.6.